The highest BCUT2D eigenvalue weighted by Gasteiger charge is 2.48. The first kappa shape index (κ1) is 12.6. The molecule has 0 amide bonds. The molecule has 4 fully saturated rings. The first-order chi connectivity index (χ1) is 9.70. The Morgan fingerprint density at radius 1 is 0.900 bits per heavy atom. The van der Waals surface area contributed by atoms with E-state index in [1.54, 1.807) is 0 Å². The maximum atomic E-state index is 3.93. The van der Waals surface area contributed by atoms with Crippen LogP contribution in [-0.2, 0) is 0 Å². The topological polar surface area (TPSA) is 15.3 Å². The Hall–Kier alpha value is -1.18. The quantitative estimate of drug-likeness (QED) is 0.893. The minimum absolute atomic E-state index is 0.726. The largest absolute Gasteiger partial charge is 0.380 e. The SMILES string of the molecule is CN(C)c1ccccc1NC1C2CC3CC(C2)CC1C3. The Morgan fingerprint density at radius 3 is 2.10 bits per heavy atom. The summed E-state index contributed by atoms with van der Waals surface area (Å²) in [5.41, 5.74) is 2.65. The van der Waals surface area contributed by atoms with Crippen LogP contribution in [-0.4, -0.2) is 20.1 Å². The van der Waals surface area contributed by atoms with E-state index >= 15 is 0 Å². The molecular weight excluding hydrogens is 244 g/mol. The molecule has 1 aromatic carbocycles. The average molecular weight is 270 g/mol. The van der Waals surface area contributed by atoms with E-state index in [1.165, 1.54) is 43.5 Å². The molecule has 0 saturated heterocycles. The predicted octanol–water partition coefficient (Wildman–Crippen LogP) is 3.99. The second-order valence-electron chi connectivity index (χ2n) is 7.51. The maximum Gasteiger partial charge on any atom is 0.0596 e. The minimum Gasteiger partial charge on any atom is -0.380 e. The fourth-order valence-corrected chi connectivity index (χ4v) is 5.33. The standard InChI is InChI=1S/C18H26N2/c1-20(2)17-6-4-3-5-16(17)19-18-14-8-12-7-13(10-14)11-15(18)9-12/h3-6,12-15,18-19H,7-11H2,1-2H3. The highest BCUT2D eigenvalue weighted by atomic mass is 15.1. The summed E-state index contributed by atoms with van der Waals surface area (Å²) in [5, 5.41) is 3.93. The zero-order valence-electron chi connectivity index (χ0n) is 12.7. The summed E-state index contributed by atoms with van der Waals surface area (Å²) >= 11 is 0. The van der Waals surface area contributed by atoms with Crippen LogP contribution in [0, 0.1) is 23.7 Å². The van der Waals surface area contributed by atoms with Crippen LogP contribution in [0.15, 0.2) is 24.3 Å². The average Bonchev–Trinajstić information content (AvgIpc) is 2.42. The van der Waals surface area contributed by atoms with E-state index in [1.807, 2.05) is 0 Å². The van der Waals surface area contributed by atoms with Gasteiger partial charge in [-0.15, -0.1) is 0 Å². The Labute approximate surface area is 122 Å². The predicted molar refractivity (Wildman–Crippen MR) is 85.2 cm³/mol. The van der Waals surface area contributed by atoms with Gasteiger partial charge in [0.25, 0.3) is 0 Å². The van der Waals surface area contributed by atoms with E-state index in [9.17, 15) is 0 Å². The molecule has 2 heteroatoms. The maximum absolute atomic E-state index is 3.93. The third kappa shape index (κ3) is 2.01. The first-order valence-electron chi connectivity index (χ1n) is 8.23. The Morgan fingerprint density at radius 2 is 1.50 bits per heavy atom. The molecule has 20 heavy (non-hydrogen) atoms. The van der Waals surface area contributed by atoms with Crippen LogP contribution < -0.4 is 10.2 Å². The van der Waals surface area contributed by atoms with Crippen molar-refractivity contribution in [3.63, 3.8) is 0 Å². The Balaban J connectivity index is 1.58. The summed E-state index contributed by atoms with van der Waals surface area (Å²) in [5.74, 6) is 3.97. The van der Waals surface area contributed by atoms with Crippen LogP contribution in [0.2, 0.25) is 0 Å². The molecule has 1 N–H and O–H groups in total. The summed E-state index contributed by atoms with van der Waals surface area (Å²) in [6.07, 6.45) is 7.46. The van der Waals surface area contributed by atoms with E-state index in [0.717, 1.165) is 29.7 Å². The second kappa shape index (κ2) is 4.68. The van der Waals surface area contributed by atoms with Crippen molar-refractivity contribution in [1.29, 1.82) is 0 Å². The van der Waals surface area contributed by atoms with Gasteiger partial charge in [0.1, 0.15) is 0 Å². The van der Waals surface area contributed by atoms with Crippen LogP contribution in [0.1, 0.15) is 32.1 Å². The van der Waals surface area contributed by atoms with Crippen molar-refractivity contribution in [1.82, 2.24) is 0 Å². The first-order valence-corrected chi connectivity index (χ1v) is 8.23. The molecule has 0 aliphatic heterocycles. The van der Waals surface area contributed by atoms with E-state index in [2.05, 4.69) is 48.6 Å². The Bertz CT molecular complexity index is 466. The normalized spacial score (nSPS) is 38.0. The lowest BCUT2D eigenvalue weighted by atomic mass is 9.54. The van der Waals surface area contributed by atoms with Gasteiger partial charge in [0.2, 0.25) is 0 Å². The van der Waals surface area contributed by atoms with E-state index in [4.69, 9.17) is 0 Å². The van der Waals surface area contributed by atoms with Gasteiger partial charge < -0.3 is 10.2 Å². The van der Waals surface area contributed by atoms with Gasteiger partial charge >= 0.3 is 0 Å². The third-order valence-corrected chi connectivity index (χ3v) is 5.93. The van der Waals surface area contributed by atoms with Crippen molar-refractivity contribution in [3.8, 4) is 0 Å². The van der Waals surface area contributed by atoms with Gasteiger partial charge in [-0.2, -0.15) is 0 Å². The van der Waals surface area contributed by atoms with Crippen molar-refractivity contribution in [2.45, 2.75) is 38.1 Å². The number of anilines is 2. The summed E-state index contributed by atoms with van der Waals surface area (Å²) in [6.45, 7) is 0. The van der Waals surface area contributed by atoms with E-state index in [-0.39, 0.29) is 0 Å². The van der Waals surface area contributed by atoms with Crippen molar-refractivity contribution >= 4 is 11.4 Å². The van der Waals surface area contributed by atoms with Crippen LogP contribution in [0.3, 0.4) is 0 Å². The lowest BCUT2D eigenvalue weighted by Gasteiger charge is -2.54. The number of benzene rings is 1. The van der Waals surface area contributed by atoms with E-state index < -0.39 is 0 Å². The lowest BCUT2D eigenvalue weighted by Crippen LogP contribution is -2.51. The highest BCUT2D eigenvalue weighted by molar-refractivity contribution is 5.69. The van der Waals surface area contributed by atoms with Crippen LogP contribution in [0.4, 0.5) is 11.4 Å². The molecule has 0 radical (unpaired) electrons. The van der Waals surface area contributed by atoms with E-state index in [0.29, 0.717) is 0 Å². The molecule has 5 rings (SSSR count). The smallest absolute Gasteiger partial charge is 0.0596 e. The number of rotatable bonds is 3. The van der Waals surface area contributed by atoms with Gasteiger partial charge in [-0.25, -0.2) is 0 Å². The van der Waals surface area contributed by atoms with Crippen molar-refractivity contribution < 1.29 is 0 Å². The van der Waals surface area contributed by atoms with Crippen LogP contribution in [0.25, 0.3) is 0 Å². The zero-order chi connectivity index (χ0) is 13.7. The fourth-order valence-electron chi connectivity index (χ4n) is 5.33. The van der Waals surface area contributed by atoms with Gasteiger partial charge in [-0.3, -0.25) is 0 Å². The molecule has 4 bridgehead atoms. The highest BCUT2D eigenvalue weighted by Crippen LogP contribution is 2.54. The van der Waals surface area contributed by atoms with Crippen LogP contribution >= 0.6 is 0 Å². The van der Waals surface area contributed by atoms with Gasteiger partial charge in [0.15, 0.2) is 0 Å². The third-order valence-electron chi connectivity index (χ3n) is 5.93. The number of nitrogens with zero attached hydrogens (tertiary/aromatic N) is 1. The molecule has 0 unspecified atom stereocenters. The lowest BCUT2D eigenvalue weighted by molar-refractivity contribution is 0.00755. The summed E-state index contributed by atoms with van der Waals surface area (Å²) in [4.78, 5) is 2.22. The molecule has 0 atom stereocenters. The Kier molecular flexibility index (Phi) is 2.94. The second-order valence-corrected chi connectivity index (χ2v) is 7.51. The number of hydrogen-bond acceptors (Lipinski definition) is 2. The molecule has 4 aliphatic rings. The zero-order valence-corrected chi connectivity index (χ0v) is 12.7. The van der Waals surface area contributed by atoms with Gasteiger partial charge in [-0.1, -0.05) is 12.1 Å². The summed E-state index contributed by atoms with van der Waals surface area (Å²) in [7, 11) is 4.27. The molecule has 108 valence electrons. The van der Waals surface area contributed by atoms with Crippen molar-refractivity contribution in [2.75, 3.05) is 24.3 Å². The number of hydrogen-bond donors (Lipinski definition) is 1. The van der Waals surface area contributed by atoms with Crippen LogP contribution in [0.5, 0.6) is 0 Å². The molecule has 0 aromatic heterocycles. The molecule has 0 heterocycles. The molecule has 2 nitrogen and oxygen atoms in total. The number of nitrogens with one attached hydrogen (secondary N) is 1. The summed E-state index contributed by atoms with van der Waals surface area (Å²) < 4.78 is 0. The molecule has 1 aromatic rings. The minimum atomic E-state index is 0.726. The monoisotopic (exact) mass is 270 g/mol. The van der Waals surface area contributed by atoms with Crippen molar-refractivity contribution in [2.24, 2.45) is 23.7 Å². The fraction of sp³-hybridized carbons (Fsp3) is 0.667. The summed E-state index contributed by atoms with van der Waals surface area (Å²) in [6, 6.07) is 9.49. The number of para-hydroxylation sites is 2. The molecule has 4 aliphatic carbocycles. The van der Waals surface area contributed by atoms with Gasteiger partial charge in [-0.05, 0) is 67.9 Å². The van der Waals surface area contributed by atoms with Gasteiger partial charge in [0, 0.05) is 20.1 Å². The van der Waals surface area contributed by atoms with Crippen molar-refractivity contribution in [3.05, 3.63) is 24.3 Å². The molecule has 4 saturated carbocycles. The molecule has 0 spiro atoms. The van der Waals surface area contributed by atoms with Gasteiger partial charge in [0.05, 0.1) is 11.4 Å². The molecular formula is C18H26N2.